The molecule has 0 atom stereocenters. The lowest BCUT2D eigenvalue weighted by atomic mass is 9.87. The third-order valence-corrected chi connectivity index (χ3v) is 3.17. The monoisotopic (exact) mass is 301 g/mol. The number of nitrogens with one attached hydrogen (secondary N) is 2. The van der Waals surface area contributed by atoms with Crippen molar-refractivity contribution in [2.75, 3.05) is 30.9 Å². The lowest BCUT2D eigenvalue weighted by Gasteiger charge is -2.19. The summed E-state index contributed by atoms with van der Waals surface area (Å²) in [4.78, 5) is 4.36. The van der Waals surface area contributed by atoms with Gasteiger partial charge in [0.2, 0.25) is 5.95 Å². The molecular weight excluding hydrogens is 278 g/mol. The number of hydrogen-bond acceptors (Lipinski definition) is 6. The summed E-state index contributed by atoms with van der Waals surface area (Å²) in [5.41, 5.74) is 2.41. The molecule has 0 bridgehead atoms. The van der Waals surface area contributed by atoms with Gasteiger partial charge in [0.05, 0.1) is 12.8 Å². The fourth-order valence-corrected chi connectivity index (χ4v) is 1.91. The van der Waals surface area contributed by atoms with Crippen molar-refractivity contribution in [3.05, 3.63) is 36.0 Å². The van der Waals surface area contributed by atoms with Crippen molar-refractivity contribution >= 4 is 17.5 Å². The van der Waals surface area contributed by atoms with Crippen molar-refractivity contribution in [1.82, 2.24) is 15.2 Å². The van der Waals surface area contributed by atoms with Gasteiger partial charge in [-0.1, -0.05) is 32.9 Å². The lowest BCUT2D eigenvalue weighted by molar-refractivity contribution is 0.210. The molecule has 22 heavy (non-hydrogen) atoms. The van der Waals surface area contributed by atoms with Crippen LogP contribution in [0.5, 0.6) is 0 Å². The highest BCUT2D eigenvalue weighted by Gasteiger charge is 2.12. The van der Waals surface area contributed by atoms with Crippen molar-refractivity contribution in [3.8, 4) is 0 Å². The van der Waals surface area contributed by atoms with Crippen LogP contribution in [0, 0.1) is 0 Å². The van der Waals surface area contributed by atoms with Gasteiger partial charge in [0.1, 0.15) is 0 Å². The zero-order valence-corrected chi connectivity index (χ0v) is 13.6. The molecule has 0 fully saturated rings. The average Bonchev–Trinajstić information content (AvgIpc) is 2.48. The molecule has 6 nitrogen and oxygen atoms in total. The number of anilines is 3. The Morgan fingerprint density at radius 2 is 1.86 bits per heavy atom. The Balaban J connectivity index is 2.02. The molecule has 1 aromatic heterocycles. The van der Waals surface area contributed by atoms with E-state index in [0.29, 0.717) is 24.9 Å². The summed E-state index contributed by atoms with van der Waals surface area (Å²) in [5.74, 6) is 1.13. The molecule has 6 heteroatoms. The third kappa shape index (κ3) is 4.66. The summed E-state index contributed by atoms with van der Waals surface area (Å²) in [6, 6.07) is 8.32. The standard InChI is InChI=1S/C16H23N5O/c1-16(2,3)12-5-7-13(8-6-12)19-14-11-18-21-15(20-14)17-9-10-22-4/h5-8,11H,9-10H2,1-4H3,(H2,17,19,20,21). The fourth-order valence-electron chi connectivity index (χ4n) is 1.91. The molecule has 2 N–H and O–H groups in total. The zero-order chi connectivity index (χ0) is 16.0. The molecule has 2 aromatic rings. The number of aromatic nitrogens is 3. The topological polar surface area (TPSA) is 72.0 Å². The van der Waals surface area contributed by atoms with E-state index in [0.717, 1.165) is 5.69 Å². The minimum Gasteiger partial charge on any atom is -0.383 e. The number of benzene rings is 1. The zero-order valence-electron chi connectivity index (χ0n) is 13.6. The van der Waals surface area contributed by atoms with Crippen LogP contribution >= 0.6 is 0 Å². The number of rotatable bonds is 6. The van der Waals surface area contributed by atoms with Gasteiger partial charge in [-0.15, -0.1) is 5.10 Å². The van der Waals surface area contributed by atoms with E-state index in [1.807, 2.05) is 12.1 Å². The van der Waals surface area contributed by atoms with Crippen molar-refractivity contribution in [3.63, 3.8) is 0 Å². The van der Waals surface area contributed by atoms with Gasteiger partial charge < -0.3 is 15.4 Å². The molecule has 0 aliphatic carbocycles. The fraction of sp³-hybridized carbons (Fsp3) is 0.438. The Bertz CT molecular complexity index is 592. The Morgan fingerprint density at radius 3 is 2.50 bits per heavy atom. The molecule has 1 heterocycles. The van der Waals surface area contributed by atoms with Crippen molar-refractivity contribution in [2.24, 2.45) is 0 Å². The van der Waals surface area contributed by atoms with Crippen molar-refractivity contribution in [2.45, 2.75) is 26.2 Å². The first-order valence-electron chi connectivity index (χ1n) is 7.29. The molecule has 1 aromatic carbocycles. The largest absolute Gasteiger partial charge is 0.383 e. The first-order valence-corrected chi connectivity index (χ1v) is 7.29. The smallest absolute Gasteiger partial charge is 0.244 e. The van der Waals surface area contributed by atoms with Crippen molar-refractivity contribution < 1.29 is 4.74 Å². The molecule has 0 unspecified atom stereocenters. The van der Waals surface area contributed by atoms with Crippen LogP contribution in [0.1, 0.15) is 26.3 Å². The molecule has 0 saturated heterocycles. The van der Waals surface area contributed by atoms with Crippen LogP contribution < -0.4 is 10.6 Å². The van der Waals surface area contributed by atoms with Crippen LogP contribution in [0.15, 0.2) is 30.5 Å². The van der Waals surface area contributed by atoms with E-state index in [9.17, 15) is 0 Å². The van der Waals surface area contributed by atoms with Crippen LogP contribution in [-0.2, 0) is 10.2 Å². The van der Waals surface area contributed by atoms with Gasteiger partial charge >= 0.3 is 0 Å². The molecule has 0 spiro atoms. The van der Waals surface area contributed by atoms with E-state index in [1.54, 1.807) is 13.3 Å². The summed E-state index contributed by atoms with van der Waals surface area (Å²) in [6.45, 7) is 7.82. The van der Waals surface area contributed by atoms with Gasteiger partial charge in [-0.05, 0) is 23.1 Å². The molecular formula is C16H23N5O. The van der Waals surface area contributed by atoms with Crippen LogP contribution in [0.3, 0.4) is 0 Å². The van der Waals surface area contributed by atoms with E-state index >= 15 is 0 Å². The van der Waals surface area contributed by atoms with Crippen LogP contribution in [0.4, 0.5) is 17.5 Å². The number of methoxy groups -OCH3 is 1. The first kappa shape index (κ1) is 16.2. The maximum atomic E-state index is 4.97. The quantitative estimate of drug-likeness (QED) is 0.799. The van der Waals surface area contributed by atoms with Crippen LogP contribution in [-0.4, -0.2) is 35.4 Å². The molecule has 0 aliphatic rings. The van der Waals surface area contributed by atoms with Gasteiger partial charge in [0, 0.05) is 19.3 Å². The maximum absolute atomic E-state index is 4.97. The molecule has 118 valence electrons. The molecule has 2 rings (SSSR count). The van der Waals surface area contributed by atoms with Gasteiger partial charge in [-0.3, -0.25) is 0 Å². The highest BCUT2D eigenvalue weighted by molar-refractivity contribution is 5.56. The van der Waals surface area contributed by atoms with Crippen LogP contribution in [0.25, 0.3) is 0 Å². The highest BCUT2D eigenvalue weighted by atomic mass is 16.5. The Morgan fingerprint density at radius 1 is 1.14 bits per heavy atom. The van der Waals surface area contributed by atoms with E-state index < -0.39 is 0 Å². The third-order valence-electron chi connectivity index (χ3n) is 3.17. The molecule has 0 amide bonds. The van der Waals surface area contributed by atoms with Crippen LogP contribution in [0.2, 0.25) is 0 Å². The summed E-state index contributed by atoms with van der Waals surface area (Å²) < 4.78 is 4.97. The highest BCUT2D eigenvalue weighted by Crippen LogP contribution is 2.24. The number of ether oxygens (including phenoxy) is 1. The molecule has 0 radical (unpaired) electrons. The van der Waals surface area contributed by atoms with E-state index in [2.05, 4.69) is 58.7 Å². The summed E-state index contributed by atoms with van der Waals surface area (Å²) in [6.07, 6.45) is 1.60. The van der Waals surface area contributed by atoms with E-state index in [1.165, 1.54) is 5.56 Å². The first-order chi connectivity index (χ1) is 10.5. The molecule has 0 aliphatic heterocycles. The summed E-state index contributed by atoms with van der Waals surface area (Å²) in [7, 11) is 1.65. The number of nitrogens with zero attached hydrogens (tertiary/aromatic N) is 3. The second-order valence-corrected chi connectivity index (χ2v) is 6.04. The van der Waals surface area contributed by atoms with E-state index in [-0.39, 0.29) is 5.41 Å². The predicted molar refractivity (Wildman–Crippen MR) is 88.6 cm³/mol. The average molecular weight is 301 g/mol. The SMILES string of the molecule is COCCNc1nncc(Nc2ccc(C(C)(C)C)cc2)n1. The van der Waals surface area contributed by atoms with Gasteiger partial charge in [-0.25, -0.2) is 0 Å². The van der Waals surface area contributed by atoms with Gasteiger partial charge in [0.25, 0.3) is 0 Å². The summed E-state index contributed by atoms with van der Waals surface area (Å²) >= 11 is 0. The van der Waals surface area contributed by atoms with Crippen molar-refractivity contribution in [1.29, 1.82) is 0 Å². The second-order valence-electron chi connectivity index (χ2n) is 6.04. The summed E-state index contributed by atoms with van der Waals surface area (Å²) in [5, 5.41) is 14.1. The van der Waals surface area contributed by atoms with E-state index in [4.69, 9.17) is 4.74 Å². The Hall–Kier alpha value is -2.21. The minimum absolute atomic E-state index is 0.146. The number of hydrogen-bond donors (Lipinski definition) is 2. The minimum atomic E-state index is 0.146. The maximum Gasteiger partial charge on any atom is 0.244 e. The Kier molecular flexibility index (Phi) is 5.27. The normalized spacial score (nSPS) is 11.3. The second kappa shape index (κ2) is 7.17. The van der Waals surface area contributed by atoms with Gasteiger partial charge in [0.15, 0.2) is 5.82 Å². The van der Waals surface area contributed by atoms with Gasteiger partial charge in [-0.2, -0.15) is 10.1 Å². The lowest BCUT2D eigenvalue weighted by Crippen LogP contribution is -2.12. The predicted octanol–water partition coefficient (Wildman–Crippen LogP) is 2.97. The molecule has 0 saturated carbocycles. The Labute approximate surface area is 131 Å².